The minimum Gasteiger partial charge on any atom is -0.357 e. The van der Waals surface area contributed by atoms with E-state index in [2.05, 4.69) is 62.5 Å². The van der Waals surface area contributed by atoms with E-state index in [1.54, 1.807) is 0 Å². The largest absolute Gasteiger partial charge is 0.357 e. The number of aliphatic imine (C=N–C) groups is 1. The smallest absolute Gasteiger partial charge is 0.194 e. The number of nitrogens with one attached hydrogen (secondary N) is 1. The van der Waals surface area contributed by atoms with E-state index in [1.807, 2.05) is 41.5 Å². The zero-order valence-electron chi connectivity index (χ0n) is 17.5. The van der Waals surface area contributed by atoms with Crippen LogP contribution in [0, 0.1) is 0 Å². The standard InChI is InChI=1S/C23H29N7/c1-2-24-23(29-15-13-28(14-16-29)22-9-3-4-10-25-22)26-18-20-7-5-8-21(17-20)19-30-12-6-11-27-30/h3-12,17H,2,13-16,18-19H2,1H3,(H,24,26). The second-order valence-corrected chi connectivity index (χ2v) is 7.36. The van der Waals surface area contributed by atoms with Crippen molar-refractivity contribution < 1.29 is 0 Å². The maximum absolute atomic E-state index is 4.92. The normalized spacial score (nSPS) is 14.8. The Balaban J connectivity index is 1.38. The van der Waals surface area contributed by atoms with Gasteiger partial charge in [0.15, 0.2) is 5.96 Å². The first kappa shape index (κ1) is 19.9. The molecule has 0 saturated carbocycles. The van der Waals surface area contributed by atoms with Crippen LogP contribution in [-0.4, -0.2) is 58.3 Å². The molecular formula is C23H29N7. The van der Waals surface area contributed by atoms with Crippen molar-refractivity contribution in [3.63, 3.8) is 0 Å². The van der Waals surface area contributed by atoms with Crippen molar-refractivity contribution in [1.82, 2.24) is 25.0 Å². The van der Waals surface area contributed by atoms with E-state index in [-0.39, 0.29) is 0 Å². The highest BCUT2D eigenvalue weighted by Gasteiger charge is 2.20. The second kappa shape index (κ2) is 9.91. The van der Waals surface area contributed by atoms with E-state index in [4.69, 9.17) is 4.99 Å². The van der Waals surface area contributed by atoms with E-state index < -0.39 is 0 Å². The molecule has 0 atom stereocenters. The van der Waals surface area contributed by atoms with Crippen molar-refractivity contribution in [3.8, 4) is 0 Å². The average Bonchev–Trinajstić information content (AvgIpc) is 3.31. The Hall–Kier alpha value is -3.35. The Bertz CT molecular complexity index is 929. The molecule has 1 N–H and O–H groups in total. The third-order valence-corrected chi connectivity index (χ3v) is 5.19. The van der Waals surface area contributed by atoms with Crippen molar-refractivity contribution in [2.45, 2.75) is 20.0 Å². The van der Waals surface area contributed by atoms with Crippen LogP contribution in [-0.2, 0) is 13.1 Å². The number of aromatic nitrogens is 3. The molecule has 3 aromatic rings. The number of anilines is 1. The summed E-state index contributed by atoms with van der Waals surface area (Å²) in [4.78, 5) is 14.1. The van der Waals surface area contributed by atoms with Gasteiger partial charge in [-0.25, -0.2) is 9.98 Å². The van der Waals surface area contributed by atoms with E-state index in [1.165, 1.54) is 11.1 Å². The fourth-order valence-electron chi connectivity index (χ4n) is 3.69. The van der Waals surface area contributed by atoms with Crippen LogP contribution in [0.5, 0.6) is 0 Å². The molecule has 0 bridgehead atoms. The van der Waals surface area contributed by atoms with Crippen LogP contribution in [0.25, 0.3) is 0 Å². The fourth-order valence-corrected chi connectivity index (χ4v) is 3.69. The molecule has 0 radical (unpaired) electrons. The van der Waals surface area contributed by atoms with Gasteiger partial charge in [0, 0.05) is 51.3 Å². The van der Waals surface area contributed by atoms with Gasteiger partial charge in [-0.15, -0.1) is 0 Å². The summed E-state index contributed by atoms with van der Waals surface area (Å²) in [6, 6.07) is 16.6. The second-order valence-electron chi connectivity index (χ2n) is 7.36. The van der Waals surface area contributed by atoms with Crippen LogP contribution < -0.4 is 10.2 Å². The van der Waals surface area contributed by atoms with Crippen molar-refractivity contribution in [2.75, 3.05) is 37.6 Å². The zero-order chi connectivity index (χ0) is 20.6. The van der Waals surface area contributed by atoms with Crippen molar-refractivity contribution in [3.05, 3.63) is 78.2 Å². The Morgan fingerprint density at radius 3 is 2.60 bits per heavy atom. The quantitative estimate of drug-likeness (QED) is 0.506. The summed E-state index contributed by atoms with van der Waals surface area (Å²) in [5.74, 6) is 2.03. The van der Waals surface area contributed by atoms with Gasteiger partial charge in [0.25, 0.3) is 0 Å². The van der Waals surface area contributed by atoms with Gasteiger partial charge in [-0.2, -0.15) is 5.10 Å². The highest BCUT2D eigenvalue weighted by molar-refractivity contribution is 5.80. The molecule has 0 amide bonds. The summed E-state index contributed by atoms with van der Waals surface area (Å²) in [5, 5.41) is 7.75. The predicted octanol–water partition coefficient (Wildman–Crippen LogP) is 2.61. The lowest BCUT2D eigenvalue weighted by atomic mass is 10.1. The molecule has 0 spiro atoms. The summed E-state index contributed by atoms with van der Waals surface area (Å²) in [6.45, 7) is 8.17. The summed E-state index contributed by atoms with van der Waals surface area (Å²) in [5.41, 5.74) is 2.45. The monoisotopic (exact) mass is 403 g/mol. The van der Waals surface area contributed by atoms with Gasteiger partial charge in [-0.1, -0.05) is 30.3 Å². The SMILES string of the molecule is CCNC(=NCc1cccc(Cn2cccn2)c1)N1CCN(c2ccccn2)CC1. The molecule has 1 fully saturated rings. The Morgan fingerprint density at radius 2 is 1.87 bits per heavy atom. The highest BCUT2D eigenvalue weighted by Crippen LogP contribution is 2.13. The first-order chi connectivity index (χ1) is 14.8. The van der Waals surface area contributed by atoms with E-state index >= 15 is 0 Å². The van der Waals surface area contributed by atoms with Gasteiger partial charge >= 0.3 is 0 Å². The molecule has 0 aliphatic carbocycles. The van der Waals surface area contributed by atoms with Crippen molar-refractivity contribution in [2.24, 2.45) is 4.99 Å². The van der Waals surface area contributed by atoms with Gasteiger partial charge in [0.2, 0.25) is 0 Å². The molecule has 7 heteroatoms. The number of hydrogen-bond acceptors (Lipinski definition) is 4. The summed E-state index contributed by atoms with van der Waals surface area (Å²) in [6.07, 6.45) is 5.65. The van der Waals surface area contributed by atoms with Gasteiger partial charge in [0.1, 0.15) is 5.82 Å². The maximum atomic E-state index is 4.92. The number of rotatable bonds is 6. The van der Waals surface area contributed by atoms with Crippen LogP contribution in [0.3, 0.4) is 0 Å². The number of guanidine groups is 1. The number of benzene rings is 1. The number of pyridine rings is 1. The molecule has 30 heavy (non-hydrogen) atoms. The number of piperazine rings is 1. The molecule has 1 aromatic carbocycles. The summed E-state index contributed by atoms with van der Waals surface area (Å²) >= 11 is 0. The minimum absolute atomic E-state index is 0.662. The Labute approximate surface area is 178 Å². The Kier molecular flexibility index (Phi) is 6.59. The summed E-state index contributed by atoms with van der Waals surface area (Å²) in [7, 11) is 0. The highest BCUT2D eigenvalue weighted by atomic mass is 15.4. The molecule has 1 aliphatic heterocycles. The molecule has 0 unspecified atom stereocenters. The van der Waals surface area contributed by atoms with Crippen LogP contribution in [0.2, 0.25) is 0 Å². The van der Waals surface area contributed by atoms with Crippen LogP contribution in [0.15, 0.2) is 72.1 Å². The maximum Gasteiger partial charge on any atom is 0.194 e. The molecule has 3 heterocycles. The topological polar surface area (TPSA) is 61.6 Å². The third kappa shape index (κ3) is 5.17. The molecule has 156 valence electrons. The first-order valence-corrected chi connectivity index (χ1v) is 10.6. The van der Waals surface area contributed by atoms with Crippen LogP contribution in [0.4, 0.5) is 5.82 Å². The van der Waals surface area contributed by atoms with Crippen LogP contribution >= 0.6 is 0 Å². The molecule has 4 rings (SSSR count). The van der Waals surface area contributed by atoms with Gasteiger partial charge < -0.3 is 15.1 Å². The van der Waals surface area contributed by atoms with Gasteiger partial charge in [-0.05, 0) is 36.2 Å². The molecule has 7 nitrogen and oxygen atoms in total. The molecule has 1 saturated heterocycles. The molecule has 2 aromatic heterocycles. The van der Waals surface area contributed by atoms with Crippen molar-refractivity contribution in [1.29, 1.82) is 0 Å². The number of nitrogens with zero attached hydrogens (tertiary/aromatic N) is 6. The average molecular weight is 404 g/mol. The molecule has 1 aliphatic rings. The van der Waals surface area contributed by atoms with Crippen molar-refractivity contribution >= 4 is 11.8 Å². The van der Waals surface area contributed by atoms with E-state index in [9.17, 15) is 0 Å². The van der Waals surface area contributed by atoms with Gasteiger partial charge in [0.05, 0.1) is 13.1 Å². The number of hydrogen-bond donors (Lipinski definition) is 1. The lowest BCUT2D eigenvalue weighted by Gasteiger charge is -2.37. The Morgan fingerprint density at radius 1 is 1.00 bits per heavy atom. The van der Waals surface area contributed by atoms with Crippen LogP contribution in [0.1, 0.15) is 18.1 Å². The fraction of sp³-hybridized carbons (Fsp3) is 0.348. The van der Waals surface area contributed by atoms with E-state index in [0.29, 0.717) is 6.54 Å². The van der Waals surface area contributed by atoms with Gasteiger partial charge in [-0.3, -0.25) is 4.68 Å². The third-order valence-electron chi connectivity index (χ3n) is 5.19. The zero-order valence-corrected chi connectivity index (χ0v) is 17.5. The summed E-state index contributed by atoms with van der Waals surface area (Å²) < 4.78 is 1.94. The first-order valence-electron chi connectivity index (χ1n) is 10.6. The minimum atomic E-state index is 0.662. The lowest BCUT2D eigenvalue weighted by Crippen LogP contribution is -2.52. The lowest BCUT2D eigenvalue weighted by molar-refractivity contribution is 0.371. The predicted molar refractivity (Wildman–Crippen MR) is 121 cm³/mol. The van der Waals surface area contributed by atoms with E-state index in [0.717, 1.165) is 51.0 Å². The molecular weight excluding hydrogens is 374 g/mol.